The number of benzene rings is 1. The molecule has 0 spiro atoms. The lowest BCUT2D eigenvalue weighted by atomic mass is 9.95. The Bertz CT molecular complexity index is 1570. The van der Waals surface area contributed by atoms with Gasteiger partial charge in [-0.05, 0) is 41.6 Å². The highest BCUT2D eigenvalue weighted by Crippen LogP contribution is 2.63. The highest BCUT2D eigenvalue weighted by molar-refractivity contribution is 7.03. The van der Waals surface area contributed by atoms with E-state index >= 15 is 0 Å². The van der Waals surface area contributed by atoms with Crippen LogP contribution in [0.4, 0.5) is 14.6 Å². The molecule has 1 aliphatic carbocycles. The fraction of sp³-hybridized carbons (Fsp3) is 0.318. The van der Waals surface area contributed by atoms with Gasteiger partial charge in [-0.15, -0.1) is 0 Å². The summed E-state index contributed by atoms with van der Waals surface area (Å²) in [5, 5.41) is 13.9. The fourth-order valence-electron chi connectivity index (χ4n) is 5.66. The van der Waals surface area contributed by atoms with Crippen molar-refractivity contribution in [2.45, 2.75) is 12.0 Å². The fourth-order valence-corrected chi connectivity index (χ4v) is 6.55. The molecule has 2 aliphatic rings. The molecular weight excluding hydrogens is 496 g/mol. The van der Waals surface area contributed by atoms with Crippen molar-refractivity contribution in [2.75, 3.05) is 24.5 Å². The summed E-state index contributed by atoms with van der Waals surface area (Å²) in [5.41, 5.74) is 9.80. The first-order valence-corrected chi connectivity index (χ1v) is 12.3. The predicted molar refractivity (Wildman–Crippen MR) is 129 cm³/mol. The Morgan fingerprint density at radius 3 is 2.80 bits per heavy atom. The summed E-state index contributed by atoms with van der Waals surface area (Å²) in [6.45, 7) is -0.463. The van der Waals surface area contributed by atoms with Crippen molar-refractivity contribution >= 4 is 51.0 Å². The van der Waals surface area contributed by atoms with Gasteiger partial charge in [-0.3, -0.25) is 5.10 Å². The first-order chi connectivity index (χ1) is 17.0. The summed E-state index contributed by atoms with van der Waals surface area (Å²) in [5.74, 6) is 1.66. The third-order valence-corrected chi connectivity index (χ3v) is 8.43. The van der Waals surface area contributed by atoms with E-state index in [1.165, 1.54) is 17.7 Å². The van der Waals surface area contributed by atoms with Crippen LogP contribution in [0.25, 0.3) is 33.3 Å². The number of piperidine rings is 1. The average molecular weight is 514 g/mol. The number of alkyl halides is 2. The molecule has 13 heteroatoms. The molecule has 35 heavy (non-hydrogen) atoms. The summed E-state index contributed by atoms with van der Waals surface area (Å²) in [4.78, 5) is 11.6. The van der Waals surface area contributed by atoms with Crippen LogP contribution in [-0.2, 0) is 5.41 Å². The summed E-state index contributed by atoms with van der Waals surface area (Å²) >= 11 is 8.03. The Morgan fingerprint density at radius 1 is 1.26 bits per heavy atom. The van der Waals surface area contributed by atoms with Gasteiger partial charge in [0.15, 0.2) is 5.65 Å². The zero-order valence-corrected chi connectivity index (χ0v) is 19.6. The summed E-state index contributed by atoms with van der Waals surface area (Å²) in [6, 6.07) is 5.43. The molecule has 1 aromatic carbocycles. The largest absolute Gasteiger partial charge is 0.355 e. The van der Waals surface area contributed by atoms with Gasteiger partial charge in [0, 0.05) is 47.6 Å². The lowest BCUT2D eigenvalue weighted by Gasteiger charge is -2.25. The number of aromatic amines is 1. The van der Waals surface area contributed by atoms with E-state index in [0.29, 0.717) is 56.4 Å². The third-order valence-electron chi connectivity index (χ3n) is 7.46. The molecule has 3 N–H and O–H groups in total. The van der Waals surface area contributed by atoms with Crippen LogP contribution in [0.3, 0.4) is 0 Å². The summed E-state index contributed by atoms with van der Waals surface area (Å²) in [6.07, 6.45) is 2.97. The minimum absolute atomic E-state index is 0.0251. The molecule has 7 rings (SSSR count). The molecule has 1 aliphatic heterocycles. The number of H-pyrrole nitrogens is 1. The Morgan fingerprint density at radius 2 is 2.09 bits per heavy atom. The van der Waals surface area contributed by atoms with Gasteiger partial charge in [0.25, 0.3) is 0 Å². The predicted octanol–water partition coefficient (Wildman–Crippen LogP) is 3.84. The van der Waals surface area contributed by atoms with Crippen LogP contribution in [0, 0.1) is 11.8 Å². The summed E-state index contributed by atoms with van der Waals surface area (Å²) < 4.78 is 31.3. The molecule has 4 aromatic heterocycles. The lowest BCUT2D eigenvalue weighted by molar-refractivity contribution is 0.0574. The number of hydrogen-bond acceptors (Lipinski definition) is 8. The van der Waals surface area contributed by atoms with E-state index in [1.54, 1.807) is 18.3 Å². The number of hydrogen-bond donors (Lipinski definition) is 2. The van der Waals surface area contributed by atoms with Crippen molar-refractivity contribution in [3.63, 3.8) is 0 Å². The van der Waals surface area contributed by atoms with Crippen LogP contribution in [0.5, 0.6) is 0 Å². The highest BCUT2D eigenvalue weighted by atomic mass is 35.5. The van der Waals surface area contributed by atoms with Crippen molar-refractivity contribution in [1.29, 1.82) is 0 Å². The van der Waals surface area contributed by atoms with E-state index in [2.05, 4.69) is 35.6 Å². The Hall–Kier alpha value is -3.22. The topological polar surface area (TPSA) is 114 Å². The van der Waals surface area contributed by atoms with Gasteiger partial charge in [-0.1, -0.05) is 11.6 Å². The van der Waals surface area contributed by atoms with Crippen LogP contribution in [0.1, 0.15) is 12.2 Å². The minimum Gasteiger partial charge on any atom is -0.355 e. The van der Waals surface area contributed by atoms with Crippen LogP contribution >= 0.6 is 23.1 Å². The number of halogens is 3. The minimum atomic E-state index is -2.74. The zero-order valence-electron chi connectivity index (χ0n) is 18.1. The lowest BCUT2D eigenvalue weighted by Crippen LogP contribution is -2.35. The first kappa shape index (κ1) is 21.1. The van der Waals surface area contributed by atoms with Gasteiger partial charge < -0.3 is 10.6 Å². The monoisotopic (exact) mass is 513 g/mol. The molecule has 178 valence electrons. The zero-order chi connectivity index (χ0) is 23.9. The van der Waals surface area contributed by atoms with E-state index in [4.69, 9.17) is 22.3 Å². The maximum atomic E-state index is 13.1. The van der Waals surface area contributed by atoms with E-state index < -0.39 is 6.55 Å². The van der Waals surface area contributed by atoms with Crippen molar-refractivity contribution in [3.8, 4) is 11.3 Å². The van der Waals surface area contributed by atoms with Gasteiger partial charge >= 0.3 is 6.55 Å². The van der Waals surface area contributed by atoms with Gasteiger partial charge in [-0.25, -0.2) is 14.6 Å². The van der Waals surface area contributed by atoms with Gasteiger partial charge in [-0.2, -0.15) is 23.4 Å². The normalized spacial score (nSPS) is 23.6. The van der Waals surface area contributed by atoms with E-state index in [0.717, 1.165) is 24.6 Å². The van der Waals surface area contributed by atoms with Crippen LogP contribution in [-0.4, -0.2) is 54.0 Å². The van der Waals surface area contributed by atoms with Gasteiger partial charge in [0.1, 0.15) is 17.0 Å². The molecule has 0 radical (unpaired) electrons. The molecular formula is C22H18ClF2N9S. The van der Waals surface area contributed by atoms with Crippen LogP contribution < -0.4 is 10.6 Å². The van der Waals surface area contributed by atoms with E-state index in [9.17, 15) is 8.78 Å². The van der Waals surface area contributed by atoms with E-state index in [-0.39, 0.29) is 10.4 Å². The van der Waals surface area contributed by atoms with Crippen molar-refractivity contribution in [2.24, 2.45) is 17.6 Å². The molecule has 1 saturated carbocycles. The average Bonchev–Trinajstić information content (AvgIpc) is 3.52. The third kappa shape index (κ3) is 2.90. The SMILES string of the molecule is NCC1(c2ccsn2)[C@@H]2CN(c3cnc4c(-c5ccc6nn(C(F)F)cc6c5Cl)n[nH]c4n3)C[C@@H]21. The second-order valence-corrected chi connectivity index (χ2v) is 10.0. The second-order valence-electron chi connectivity index (χ2n) is 8.99. The number of aromatic nitrogens is 7. The van der Waals surface area contributed by atoms with Crippen molar-refractivity contribution in [3.05, 3.63) is 46.7 Å². The van der Waals surface area contributed by atoms with Crippen molar-refractivity contribution in [1.82, 2.24) is 34.3 Å². The smallest absolute Gasteiger partial charge is 0.333 e. The Labute approximate surface area is 206 Å². The maximum absolute atomic E-state index is 13.1. The number of anilines is 1. The van der Waals surface area contributed by atoms with Gasteiger partial charge in [0.2, 0.25) is 0 Å². The number of nitrogens with two attached hydrogens (primary N) is 1. The molecule has 5 aromatic rings. The van der Waals surface area contributed by atoms with Crippen LogP contribution in [0.15, 0.2) is 36.0 Å². The molecule has 1 unspecified atom stereocenters. The molecule has 9 nitrogen and oxygen atoms in total. The number of nitrogens with one attached hydrogen (secondary N) is 1. The second kappa shape index (κ2) is 7.39. The maximum Gasteiger partial charge on any atom is 0.333 e. The number of fused-ring (bicyclic) bond motifs is 3. The highest BCUT2D eigenvalue weighted by Gasteiger charge is 2.69. The first-order valence-electron chi connectivity index (χ1n) is 11.0. The standard InChI is InChI=1S/C22H18ClF2N9S/c23-17-10(1-2-14-11(17)6-34(31-14)21(24)25)18-19-20(30-29-18)28-16(5-27-19)33-7-12-13(8-33)22(12,9-26)15-3-4-35-32-15/h1-6,12-13,21H,7-9,26H2,(H,28,29,30)/t12-,13+,22?. The van der Waals surface area contributed by atoms with Crippen molar-refractivity contribution < 1.29 is 8.78 Å². The van der Waals surface area contributed by atoms with Gasteiger partial charge in [0.05, 0.1) is 22.4 Å². The van der Waals surface area contributed by atoms with Crippen LogP contribution in [0.2, 0.25) is 5.02 Å². The molecule has 0 bridgehead atoms. The number of rotatable bonds is 5. The molecule has 0 amide bonds. The molecule has 3 atom stereocenters. The van der Waals surface area contributed by atoms with E-state index in [1.807, 2.05) is 5.38 Å². The Kier molecular flexibility index (Phi) is 4.45. The quantitative estimate of drug-likeness (QED) is 0.367. The Balaban J connectivity index is 1.19. The molecule has 2 fully saturated rings. The number of nitrogens with zero attached hydrogens (tertiary/aromatic N) is 7. The molecule has 5 heterocycles. The summed E-state index contributed by atoms with van der Waals surface area (Å²) in [7, 11) is 0. The molecule has 1 saturated heterocycles.